The molecule has 0 unspecified atom stereocenters. The fourth-order valence-corrected chi connectivity index (χ4v) is 4.22. The van der Waals surface area contributed by atoms with Crippen LogP contribution in [0.5, 0.6) is 11.5 Å². The van der Waals surface area contributed by atoms with Gasteiger partial charge in [0.1, 0.15) is 0 Å². The van der Waals surface area contributed by atoms with Gasteiger partial charge >= 0.3 is 0 Å². The second-order valence-electron chi connectivity index (χ2n) is 6.19. The highest BCUT2D eigenvalue weighted by molar-refractivity contribution is 9.10. The number of nitrogens with zero attached hydrogens (tertiary/aromatic N) is 1. The number of hydrogen-bond acceptors (Lipinski definition) is 5. The zero-order valence-electron chi connectivity index (χ0n) is 16.1. The van der Waals surface area contributed by atoms with Crippen molar-refractivity contribution in [2.24, 2.45) is 4.99 Å². The molecule has 0 radical (unpaired) electrons. The van der Waals surface area contributed by atoms with Crippen molar-refractivity contribution in [1.29, 1.82) is 0 Å². The zero-order valence-corrected chi connectivity index (χ0v) is 18.5. The van der Waals surface area contributed by atoms with Crippen LogP contribution in [0.1, 0.15) is 23.6 Å². The summed E-state index contributed by atoms with van der Waals surface area (Å²) in [6.45, 7) is 6.47. The van der Waals surface area contributed by atoms with Gasteiger partial charge in [-0.15, -0.1) is 0 Å². The first kappa shape index (κ1) is 20.5. The Hall–Kier alpha value is -2.25. The van der Waals surface area contributed by atoms with Crippen molar-refractivity contribution in [1.82, 2.24) is 5.32 Å². The van der Waals surface area contributed by atoms with E-state index in [4.69, 9.17) is 9.47 Å². The summed E-state index contributed by atoms with van der Waals surface area (Å²) < 4.78 is 11.8. The molecular formula is C21H21BrN2O3S. The van der Waals surface area contributed by atoms with E-state index in [9.17, 15) is 4.79 Å². The van der Waals surface area contributed by atoms with Crippen LogP contribution in [0.4, 0.5) is 5.69 Å². The molecule has 0 aliphatic carbocycles. The van der Waals surface area contributed by atoms with Gasteiger partial charge in [-0.05, 0) is 83.4 Å². The molecule has 1 aliphatic heterocycles. The van der Waals surface area contributed by atoms with Crippen LogP contribution in [0, 0.1) is 13.8 Å². The van der Waals surface area contributed by atoms with E-state index in [2.05, 4.69) is 26.2 Å². The molecule has 1 aliphatic rings. The average Bonchev–Trinajstić information content (AvgIpc) is 2.99. The maximum Gasteiger partial charge on any atom is 0.264 e. The van der Waals surface area contributed by atoms with Crippen LogP contribution in [-0.2, 0) is 4.79 Å². The van der Waals surface area contributed by atoms with Crippen LogP contribution in [0.3, 0.4) is 0 Å². The quantitative estimate of drug-likeness (QED) is 0.609. The minimum absolute atomic E-state index is 0.168. The number of methoxy groups -OCH3 is 1. The van der Waals surface area contributed by atoms with Gasteiger partial charge < -0.3 is 14.8 Å². The molecule has 0 saturated carbocycles. The number of thioether (sulfide) groups is 1. The third-order valence-corrected chi connectivity index (χ3v) is 5.64. The molecule has 2 aromatic rings. The maximum absolute atomic E-state index is 12.4. The minimum atomic E-state index is -0.168. The first-order valence-electron chi connectivity index (χ1n) is 8.79. The van der Waals surface area contributed by atoms with E-state index in [0.29, 0.717) is 28.2 Å². The van der Waals surface area contributed by atoms with Crippen molar-refractivity contribution in [3.63, 3.8) is 0 Å². The molecule has 7 heteroatoms. The number of nitrogens with one attached hydrogen (secondary N) is 1. The topological polar surface area (TPSA) is 59.9 Å². The average molecular weight is 461 g/mol. The summed E-state index contributed by atoms with van der Waals surface area (Å²) >= 11 is 4.83. The number of hydrogen-bond donors (Lipinski definition) is 1. The first-order chi connectivity index (χ1) is 13.4. The summed E-state index contributed by atoms with van der Waals surface area (Å²) in [5.41, 5.74) is 3.86. The lowest BCUT2D eigenvalue weighted by atomic mass is 10.1. The summed E-state index contributed by atoms with van der Waals surface area (Å²) in [6, 6.07) is 9.76. The fraction of sp³-hybridized carbons (Fsp3) is 0.238. The van der Waals surface area contributed by atoms with E-state index < -0.39 is 0 Å². The minimum Gasteiger partial charge on any atom is -0.493 e. The van der Waals surface area contributed by atoms with E-state index in [1.807, 2.05) is 57.2 Å². The number of carbonyl (C=O) groups is 1. The van der Waals surface area contributed by atoms with E-state index in [0.717, 1.165) is 26.9 Å². The van der Waals surface area contributed by atoms with Crippen molar-refractivity contribution >= 4 is 50.5 Å². The third kappa shape index (κ3) is 4.42. The second-order valence-corrected chi connectivity index (χ2v) is 8.07. The van der Waals surface area contributed by atoms with Crippen LogP contribution in [0.2, 0.25) is 0 Å². The molecule has 1 saturated heterocycles. The Morgan fingerprint density at radius 1 is 1.25 bits per heavy atom. The largest absolute Gasteiger partial charge is 0.493 e. The number of carbonyl (C=O) groups excluding carboxylic acids is 1. The van der Waals surface area contributed by atoms with Crippen molar-refractivity contribution in [2.75, 3.05) is 13.7 Å². The fourth-order valence-electron chi connectivity index (χ4n) is 2.82. The van der Waals surface area contributed by atoms with Crippen LogP contribution in [0.25, 0.3) is 6.08 Å². The Kier molecular flexibility index (Phi) is 6.46. The summed E-state index contributed by atoms with van der Waals surface area (Å²) in [5, 5.41) is 3.41. The highest BCUT2D eigenvalue weighted by Crippen LogP contribution is 2.38. The summed E-state index contributed by atoms with van der Waals surface area (Å²) in [6.07, 6.45) is 1.82. The molecule has 1 heterocycles. The number of amides is 1. The van der Waals surface area contributed by atoms with Gasteiger partial charge in [0.25, 0.3) is 5.91 Å². The lowest BCUT2D eigenvalue weighted by Crippen LogP contribution is -2.19. The predicted molar refractivity (Wildman–Crippen MR) is 119 cm³/mol. The van der Waals surface area contributed by atoms with Gasteiger partial charge in [0.05, 0.1) is 28.8 Å². The molecule has 28 heavy (non-hydrogen) atoms. The standard InChI is InChI=1S/C21H21BrN2O3S/c1-5-27-19-15(22)9-14(10-16(19)26-4)11-17-20(25)24-21(28-17)23-18-12(2)7-6-8-13(18)3/h6-11H,5H2,1-4H3,(H,23,24,25)/b17-11+. The number of amidine groups is 1. The Balaban J connectivity index is 1.91. The van der Waals surface area contributed by atoms with Crippen LogP contribution >= 0.6 is 27.7 Å². The van der Waals surface area contributed by atoms with Gasteiger partial charge in [-0.1, -0.05) is 18.2 Å². The predicted octanol–water partition coefficient (Wildman–Crippen LogP) is 5.36. The summed E-state index contributed by atoms with van der Waals surface area (Å²) in [5.74, 6) is 1.09. The molecule has 1 fully saturated rings. The normalized spacial score (nSPS) is 16.5. The number of aliphatic imine (C=N–C) groups is 1. The SMILES string of the molecule is CCOc1c(Br)cc(/C=C2/SC(=Nc3c(C)cccc3C)NC2=O)cc1OC. The van der Waals surface area contributed by atoms with E-state index in [-0.39, 0.29) is 5.91 Å². The number of rotatable bonds is 5. The Bertz CT molecular complexity index is 966. The highest BCUT2D eigenvalue weighted by Gasteiger charge is 2.24. The van der Waals surface area contributed by atoms with E-state index in [1.165, 1.54) is 11.8 Å². The van der Waals surface area contributed by atoms with Crippen molar-refractivity contribution in [3.8, 4) is 11.5 Å². The van der Waals surface area contributed by atoms with Crippen molar-refractivity contribution < 1.29 is 14.3 Å². The summed E-state index contributed by atoms with van der Waals surface area (Å²) in [4.78, 5) is 17.6. The maximum atomic E-state index is 12.4. The van der Waals surface area contributed by atoms with Gasteiger partial charge in [0, 0.05) is 0 Å². The molecule has 0 spiro atoms. The molecule has 0 bridgehead atoms. The Labute approximate surface area is 177 Å². The monoisotopic (exact) mass is 460 g/mol. The van der Waals surface area contributed by atoms with E-state index in [1.54, 1.807) is 7.11 Å². The molecule has 3 rings (SSSR count). The van der Waals surface area contributed by atoms with Crippen LogP contribution in [0.15, 0.2) is 44.7 Å². The van der Waals surface area contributed by atoms with Crippen molar-refractivity contribution in [2.45, 2.75) is 20.8 Å². The lowest BCUT2D eigenvalue weighted by molar-refractivity contribution is -0.115. The number of ether oxygens (including phenoxy) is 2. The summed E-state index contributed by atoms with van der Waals surface area (Å²) in [7, 11) is 1.59. The Morgan fingerprint density at radius 2 is 1.96 bits per heavy atom. The molecule has 1 amide bonds. The second kappa shape index (κ2) is 8.84. The van der Waals surface area contributed by atoms with Crippen molar-refractivity contribution in [3.05, 3.63) is 56.4 Å². The van der Waals surface area contributed by atoms with Crippen LogP contribution < -0.4 is 14.8 Å². The molecule has 0 aromatic heterocycles. The molecule has 1 N–H and O–H groups in total. The number of benzene rings is 2. The highest BCUT2D eigenvalue weighted by atomic mass is 79.9. The van der Waals surface area contributed by atoms with Gasteiger partial charge in [-0.3, -0.25) is 4.79 Å². The molecule has 0 atom stereocenters. The smallest absolute Gasteiger partial charge is 0.264 e. The van der Waals surface area contributed by atoms with E-state index >= 15 is 0 Å². The number of halogens is 1. The Morgan fingerprint density at radius 3 is 2.61 bits per heavy atom. The third-order valence-electron chi connectivity index (χ3n) is 4.14. The van der Waals surface area contributed by atoms with Crippen LogP contribution in [-0.4, -0.2) is 24.8 Å². The molecule has 2 aromatic carbocycles. The van der Waals surface area contributed by atoms with Gasteiger partial charge in [0.15, 0.2) is 16.7 Å². The van der Waals surface area contributed by atoms with Gasteiger partial charge in [0.2, 0.25) is 0 Å². The van der Waals surface area contributed by atoms with Gasteiger partial charge in [-0.25, -0.2) is 4.99 Å². The number of aryl methyl sites for hydroxylation is 2. The number of para-hydroxylation sites is 1. The lowest BCUT2D eigenvalue weighted by Gasteiger charge is -2.12. The molecular weight excluding hydrogens is 440 g/mol. The van der Waals surface area contributed by atoms with Gasteiger partial charge in [-0.2, -0.15) is 0 Å². The zero-order chi connectivity index (χ0) is 20.3. The molecule has 146 valence electrons. The first-order valence-corrected chi connectivity index (χ1v) is 10.4. The molecule has 5 nitrogen and oxygen atoms in total.